The number of amides is 1. The van der Waals surface area contributed by atoms with Crippen molar-refractivity contribution in [1.82, 2.24) is 0 Å². The molecule has 4 nitrogen and oxygen atoms in total. The molecule has 0 saturated heterocycles. The second-order valence-electron chi connectivity index (χ2n) is 5.61. The summed E-state index contributed by atoms with van der Waals surface area (Å²) in [5.74, 6) is -0.187. The minimum absolute atomic E-state index is 0.185. The van der Waals surface area contributed by atoms with Gasteiger partial charge in [-0.2, -0.15) is 0 Å². The number of carbonyl (C=O) groups is 1. The van der Waals surface area contributed by atoms with Crippen LogP contribution in [0.4, 0.5) is 11.4 Å². The van der Waals surface area contributed by atoms with Gasteiger partial charge in [0.1, 0.15) is 6.10 Å². The smallest absolute Gasteiger partial charge is 0.253 e. The Balaban J connectivity index is 1.91. The molecule has 0 radical (unpaired) electrons. The summed E-state index contributed by atoms with van der Waals surface area (Å²) >= 11 is 5.92. The van der Waals surface area contributed by atoms with Crippen LogP contribution in [0.3, 0.4) is 0 Å². The van der Waals surface area contributed by atoms with E-state index in [0.717, 1.165) is 12.8 Å². The van der Waals surface area contributed by atoms with Crippen molar-refractivity contribution >= 4 is 28.9 Å². The van der Waals surface area contributed by atoms with Crippen LogP contribution in [-0.4, -0.2) is 18.1 Å². The van der Waals surface area contributed by atoms with Crippen molar-refractivity contribution in [2.24, 2.45) is 0 Å². The van der Waals surface area contributed by atoms with Crippen molar-refractivity contribution in [3.63, 3.8) is 0 Å². The van der Waals surface area contributed by atoms with Gasteiger partial charge >= 0.3 is 0 Å². The third kappa shape index (κ3) is 4.90. The number of rotatable bonds is 4. The van der Waals surface area contributed by atoms with Crippen LogP contribution >= 0.6 is 11.6 Å². The molecule has 1 aromatic rings. The number of ether oxygens (including phenoxy) is 1. The van der Waals surface area contributed by atoms with Crippen LogP contribution in [0, 0.1) is 0 Å². The van der Waals surface area contributed by atoms with Crippen LogP contribution in [0.1, 0.15) is 45.4 Å². The minimum Gasteiger partial charge on any atom is -0.397 e. The van der Waals surface area contributed by atoms with E-state index in [-0.39, 0.29) is 12.0 Å². The number of carbonyl (C=O) groups excluding carboxylic acids is 1. The van der Waals surface area contributed by atoms with E-state index >= 15 is 0 Å². The van der Waals surface area contributed by atoms with Crippen LogP contribution in [0.2, 0.25) is 5.02 Å². The van der Waals surface area contributed by atoms with Gasteiger partial charge in [0.05, 0.1) is 17.5 Å². The Labute approximate surface area is 131 Å². The van der Waals surface area contributed by atoms with Crippen molar-refractivity contribution in [2.75, 3.05) is 11.1 Å². The Bertz CT molecular complexity index is 485. The van der Waals surface area contributed by atoms with Crippen LogP contribution in [-0.2, 0) is 9.53 Å². The summed E-state index contributed by atoms with van der Waals surface area (Å²) < 4.78 is 5.89. The topological polar surface area (TPSA) is 64.3 Å². The van der Waals surface area contributed by atoms with Gasteiger partial charge in [-0.1, -0.05) is 37.3 Å². The monoisotopic (exact) mass is 310 g/mol. The summed E-state index contributed by atoms with van der Waals surface area (Å²) in [6, 6.07) is 5.01. The van der Waals surface area contributed by atoms with E-state index in [9.17, 15) is 4.79 Å². The standard InChI is InChI=1S/C16H23ClN2O2/c1-11(21-13-6-4-2-3-5-7-13)16(20)19-15-10-12(17)8-9-14(15)18/h8-11,13H,2-7,18H2,1H3,(H,19,20). The molecule has 5 heteroatoms. The molecule has 3 N–H and O–H groups in total. The van der Waals surface area contributed by atoms with Gasteiger partial charge in [-0.15, -0.1) is 0 Å². The number of nitrogens with one attached hydrogen (secondary N) is 1. The third-order valence-corrected chi connectivity index (χ3v) is 4.08. The highest BCUT2D eigenvalue weighted by molar-refractivity contribution is 6.31. The van der Waals surface area contributed by atoms with E-state index < -0.39 is 6.10 Å². The van der Waals surface area contributed by atoms with Gasteiger partial charge in [-0.25, -0.2) is 0 Å². The molecule has 21 heavy (non-hydrogen) atoms. The molecule has 1 unspecified atom stereocenters. The molecular formula is C16H23ClN2O2. The number of hydrogen-bond acceptors (Lipinski definition) is 3. The molecule has 0 heterocycles. The molecule has 2 rings (SSSR count). The van der Waals surface area contributed by atoms with Crippen LogP contribution < -0.4 is 11.1 Å². The Kier molecular flexibility index (Phi) is 5.88. The Morgan fingerprint density at radius 2 is 2.00 bits per heavy atom. The summed E-state index contributed by atoms with van der Waals surface area (Å²) in [7, 11) is 0. The average molecular weight is 311 g/mol. The van der Waals surface area contributed by atoms with E-state index in [2.05, 4.69) is 5.32 Å². The van der Waals surface area contributed by atoms with Crippen molar-refractivity contribution in [2.45, 2.75) is 57.7 Å². The van der Waals surface area contributed by atoms with E-state index in [1.165, 1.54) is 25.7 Å². The van der Waals surface area contributed by atoms with E-state index in [1.807, 2.05) is 0 Å². The highest BCUT2D eigenvalue weighted by Gasteiger charge is 2.21. The molecule has 0 aromatic heterocycles. The second-order valence-corrected chi connectivity index (χ2v) is 6.05. The molecular weight excluding hydrogens is 288 g/mol. The van der Waals surface area contributed by atoms with Crippen molar-refractivity contribution in [1.29, 1.82) is 0 Å². The Morgan fingerprint density at radius 3 is 2.67 bits per heavy atom. The van der Waals surface area contributed by atoms with Gasteiger partial charge in [0, 0.05) is 5.02 Å². The van der Waals surface area contributed by atoms with Crippen LogP contribution in [0.5, 0.6) is 0 Å². The zero-order valence-corrected chi connectivity index (χ0v) is 13.2. The maximum atomic E-state index is 12.2. The lowest BCUT2D eigenvalue weighted by molar-refractivity contribution is -0.130. The lowest BCUT2D eigenvalue weighted by atomic mass is 10.1. The lowest BCUT2D eigenvalue weighted by Crippen LogP contribution is -2.31. The van der Waals surface area contributed by atoms with Gasteiger partial charge < -0.3 is 15.8 Å². The van der Waals surface area contributed by atoms with Gasteiger partial charge in [-0.3, -0.25) is 4.79 Å². The molecule has 1 aliphatic carbocycles. The molecule has 1 aromatic carbocycles. The van der Waals surface area contributed by atoms with Crippen LogP contribution in [0.25, 0.3) is 0 Å². The number of benzene rings is 1. The number of nitrogen functional groups attached to an aromatic ring is 1. The first-order valence-corrected chi connectivity index (χ1v) is 7.95. The Hall–Kier alpha value is -1.26. The SMILES string of the molecule is CC(OC1CCCCCC1)C(=O)Nc1cc(Cl)ccc1N. The third-order valence-electron chi connectivity index (χ3n) is 3.84. The van der Waals surface area contributed by atoms with E-state index in [4.69, 9.17) is 22.1 Å². The van der Waals surface area contributed by atoms with Gasteiger partial charge in [0.15, 0.2) is 0 Å². The number of nitrogens with two attached hydrogens (primary N) is 1. The lowest BCUT2D eigenvalue weighted by Gasteiger charge is -2.21. The molecule has 1 fully saturated rings. The van der Waals surface area contributed by atoms with E-state index in [1.54, 1.807) is 25.1 Å². The molecule has 1 saturated carbocycles. The van der Waals surface area contributed by atoms with E-state index in [0.29, 0.717) is 16.4 Å². The minimum atomic E-state index is -0.494. The zero-order valence-electron chi connectivity index (χ0n) is 12.4. The molecule has 1 aliphatic rings. The largest absolute Gasteiger partial charge is 0.397 e. The fourth-order valence-corrected chi connectivity index (χ4v) is 2.77. The van der Waals surface area contributed by atoms with Crippen molar-refractivity contribution in [3.8, 4) is 0 Å². The van der Waals surface area contributed by atoms with Gasteiger partial charge in [-0.05, 0) is 38.0 Å². The van der Waals surface area contributed by atoms with Crippen molar-refractivity contribution < 1.29 is 9.53 Å². The van der Waals surface area contributed by atoms with Crippen molar-refractivity contribution in [3.05, 3.63) is 23.2 Å². The fourth-order valence-electron chi connectivity index (χ4n) is 2.60. The normalized spacial score (nSPS) is 18.0. The first-order chi connectivity index (χ1) is 10.1. The zero-order chi connectivity index (χ0) is 15.2. The molecule has 1 amide bonds. The average Bonchev–Trinajstić information content (AvgIpc) is 2.71. The summed E-state index contributed by atoms with van der Waals surface area (Å²) in [6.07, 6.45) is 6.66. The highest BCUT2D eigenvalue weighted by Crippen LogP contribution is 2.24. The number of hydrogen-bond donors (Lipinski definition) is 2. The Morgan fingerprint density at radius 1 is 1.33 bits per heavy atom. The molecule has 116 valence electrons. The fraction of sp³-hybridized carbons (Fsp3) is 0.562. The summed E-state index contributed by atoms with van der Waals surface area (Å²) in [5.41, 5.74) is 6.85. The maximum absolute atomic E-state index is 12.2. The predicted molar refractivity (Wildman–Crippen MR) is 86.5 cm³/mol. The number of halogens is 1. The van der Waals surface area contributed by atoms with Gasteiger partial charge in [0.2, 0.25) is 0 Å². The second kappa shape index (κ2) is 7.66. The molecule has 1 atom stereocenters. The summed E-state index contributed by atoms with van der Waals surface area (Å²) in [4.78, 5) is 12.2. The molecule has 0 spiro atoms. The quantitative estimate of drug-likeness (QED) is 0.653. The highest BCUT2D eigenvalue weighted by atomic mass is 35.5. The molecule has 0 aliphatic heterocycles. The van der Waals surface area contributed by atoms with Crippen LogP contribution in [0.15, 0.2) is 18.2 Å². The summed E-state index contributed by atoms with van der Waals surface area (Å²) in [5, 5.41) is 3.32. The maximum Gasteiger partial charge on any atom is 0.253 e. The number of anilines is 2. The first-order valence-electron chi connectivity index (χ1n) is 7.57. The van der Waals surface area contributed by atoms with Gasteiger partial charge in [0.25, 0.3) is 5.91 Å². The predicted octanol–water partition coefficient (Wildman–Crippen LogP) is 3.99. The summed E-state index contributed by atoms with van der Waals surface area (Å²) in [6.45, 7) is 1.78. The first kappa shape index (κ1) is 16.1. The molecule has 0 bridgehead atoms.